The second-order valence-electron chi connectivity index (χ2n) is 6.46. The lowest BCUT2D eigenvalue weighted by atomic mass is 9.97. The number of hydrogen-bond donors (Lipinski definition) is 0. The van der Waals surface area contributed by atoms with Crippen molar-refractivity contribution in [2.45, 2.75) is 57.7 Å². The fraction of sp³-hybridized carbons (Fsp3) is 0.643. The van der Waals surface area contributed by atoms with Crippen LogP contribution in [-0.2, 0) is 17.7 Å². The highest BCUT2D eigenvalue weighted by Gasteiger charge is 2.53. The predicted molar refractivity (Wildman–Crippen MR) is 69.5 cm³/mol. The molecule has 1 aliphatic heterocycles. The Labute approximate surface area is 113 Å². The van der Waals surface area contributed by atoms with Gasteiger partial charge in [0.1, 0.15) is 11.9 Å². The van der Waals surface area contributed by atoms with Crippen LogP contribution in [0.1, 0.15) is 44.9 Å². The average molecular weight is 261 g/mol. The highest BCUT2D eigenvalue weighted by atomic mass is 16.6. The first-order valence-electron chi connectivity index (χ1n) is 6.68. The number of carbonyl (C=O) groups excluding carboxylic acids is 1. The molecule has 0 unspecified atom stereocenters. The highest BCUT2D eigenvalue weighted by molar-refractivity contribution is 5.70. The van der Waals surface area contributed by atoms with E-state index in [1.165, 1.54) is 11.9 Å². The number of fused-ring (bicyclic) bond motifs is 1. The molecule has 1 saturated carbocycles. The summed E-state index contributed by atoms with van der Waals surface area (Å²) in [6.07, 6.45) is 6.12. The van der Waals surface area contributed by atoms with Gasteiger partial charge < -0.3 is 4.74 Å². The van der Waals surface area contributed by atoms with Gasteiger partial charge in [-0.2, -0.15) is 0 Å². The predicted octanol–water partition coefficient (Wildman–Crippen LogP) is 2.30. The van der Waals surface area contributed by atoms with Crippen molar-refractivity contribution in [3.63, 3.8) is 0 Å². The number of ether oxygens (including phenoxy) is 1. The smallest absolute Gasteiger partial charge is 0.411 e. The molecule has 1 aromatic rings. The van der Waals surface area contributed by atoms with Gasteiger partial charge in [0, 0.05) is 6.20 Å². The van der Waals surface area contributed by atoms with Gasteiger partial charge in [-0.05, 0) is 45.6 Å². The molecule has 1 spiro atoms. The summed E-state index contributed by atoms with van der Waals surface area (Å²) >= 11 is 0. The zero-order valence-electron chi connectivity index (χ0n) is 11.6. The van der Waals surface area contributed by atoms with Crippen LogP contribution in [0.25, 0.3) is 0 Å². The Kier molecular flexibility index (Phi) is 2.56. The number of rotatable bonds is 0. The highest BCUT2D eigenvalue weighted by Crippen LogP contribution is 2.48. The second-order valence-corrected chi connectivity index (χ2v) is 6.46. The van der Waals surface area contributed by atoms with Crippen LogP contribution >= 0.6 is 0 Å². The second kappa shape index (κ2) is 3.92. The monoisotopic (exact) mass is 261 g/mol. The van der Waals surface area contributed by atoms with E-state index in [4.69, 9.17) is 4.74 Å². The largest absolute Gasteiger partial charge is 0.444 e. The van der Waals surface area contributed by atoms with Crippen molar-refractivity contribution in [3.05, 3.63) is 23.8 Å². The van der Waals surface area contributed by atoms with Crippen molar-refractivity contribution in [1.29, 1.82) is 0 Å². The van der Waals surface area contributed by atoms with E-state index in [0.29, 0.717) is 6.54 Å². The lowest BCUT2D eigenvalue weighted by Crippen LogP contribution is -2.48. The lowest BCUT2D eigenvalue weighted by molar-refractivity contribution is 0.00781. The molecule has 0 atom stereocenters. The van der Waals surface area contributed by atoms with Gasteiger partial charge in [-0.1, -0.05) is 0 Å². The Morgan fingerprint density at radius 3 is 2.79 bits per heavy atom. The maximum Gasteiger partial charge on any atom is 0.411 e. The van der Waals surface area contributed by atoms with Crippen molar-refractivity contribution in [3.8, 4) is 0 Å². The van der Waals surface area contributed by atoms with Crippen LogP contribution in [0.4, 0.5) is 4.79 Å². The maximum atomic E-state index is 12.3. The van der Waals surface area contributed by atoms with E-state index in [0.717, 1.165) is 25.0 Å². The molecule has 1 amide bonds. The van der Waals surface area contributed by atoms with Gasteiger partial charge in [0.2, 0.25) is 0 Å². The number of hydrogen-bond acceptors (Lipinski definition) is 4. The number of carbonyl (C=O) groups is 1. The van der Waals surface area contributed by atoms with E-state index < -0.39 is 5.60 Å². The van der Waals surface area contributed by atoms with Crippen LogP contribution in [0.15, 0.2) is 12.5 Å². The molecule has 1 aromatic heterocycles. The van der Waals surface area contributed by atoms with Gasteiger partial charge in [-0.15, -0.1) is 0 Å². The zero-order chi connectivity index (χ0) is 13.7. The number of amides is 1. The lowest BCUT2D eigenvalue weighted by Gasteiger charge is -2.37. The van der Waals surface area contributed by atoms with E-state index >= 15 is 0 Å². The summed E-state index contributed by atoms with van der Waals surface area (Å²) in [7, 11) is 0. The third kappa shape index (κ3) is 2.29. The molecule has 1 fully saturated rings. The quantitative estimate of drug-likeness (QED) is 0.719. The van der Waals surface area contributed by atoms with Gasteiger partial charge in [-0.25, -0.2) is 14.8 Å². The Hall–Kier alpha value is -1.65. The third-order valence-electron chi connectivity index (χ3n) is 3.72. The summed E-state index contributed by atoms with van der Waals surface area (Å²) in [6.45, 7) is 6.21. The molecular formula is C14H19N3O2. The van der Waals surface area contributed by atoms with Crippen LogP contribution in [0, 0.1) is 0 Å². The molecule has 0 radical (unpaired) electrons. The Balaban J connectivity index is 1.85. The van der Waals surface area contributed by atoms with Gasteiger partial charge in [-0.3, -0.25) is 4.90 Å². The first-order valence-corrected chi connectivity index (χ1v) is 6.68. The molecule has 2 aliphatic rings. The number of nitrogens with zero attached hydrogens (tertiary/aromatic N) is 3. The summed E-state index contributed by atoms with van der Waals surface area (Å²) in [5.41, 5.74) is 1.61. The summed E-state index contributed by atoms with van der Waals surface area (Å²) in [4.78, 5) is 22.6. The van der Waals surface area contributed by atoms with Crippen molar-refractivity contribution < 1.29 is 9.53 Å². The molecule has 2 heterocycles. The van der Waals surface area contributed by atoms with Gasteiger partial charge in [0.15, 0.2) is 0 Å². The molecule has 0 N–H and O–H groups in total. The summed E-state index contributed by atoms with van der Waals surface area (Å²) in [5.74, 6) is 0. The molecule has 19 heavy (non-hydrogen) atoms. The van der Waals surface area contributed by atoms with E-state index in [9.17, 15) is 4.79 Å². The fourth-order valence-electron chi connectivity index (χ4n) is 2.61. The fourth-order valence-corrected chi connectivity index (χ4v) is 2.61. The number of aromatic nitrogens is 2. The van der Waals surface area contributed by atoms with Gasteiger partial charge in [0.25, 0.3) is 0 Å². The van der Waals surface area contributed by atoms with E-state index in [2.05, 4.69) is 9.97 Å². The van der Waals surface area contributed by atoms with Gasteiger partial charge >= 0.3 is 6.09 Å². The van der Waals surface area contributed by atoms with Gasteiger partial charge in [0.05, 0.1) is 17.8 Å². The third-order valence-corrected chi connectivity index (χ3v) is 3.72. The Morgan fingerprint density at radius 1 is 1.42 bits per heavy atom. The molecule has 0 aromatic carbocycles. The summed E-state index contributed by atoms with van der Waals surface area (Å²) in [5, 5.41) is 0. The zero-order valence-corrected chi connectivity index (χ0v) is 11.6. The molecule has 0 saturated heterocycles. The molecule has 102 valence electrons. The van der Waals surface area contributed by atoms with Crippen LogP contribution < -0.4 is 0 Å². The van der Waals surface area contributed by atoms with Crippen LogP contribution in [-0.4, -0.2) is 32.1 Å². The first kappa shape index (κ1) is 12.4. The SMILES string of the molecule is CC(C)(C)OC(=O)N1Cc2ncncc2CC12CC2. The van der Waals surface area contributed by atoms with Crippen LogP contribution in [0.2, 0.25) is 0 Å². The topological polar surface area (TPSA) is 55.3 Å². The average Bonchev–Trinajstić information content (AvgIpc) is 3.06. The van der Waals surface area contributed by atoms with Crippen molar-refractivity contribution >= 4 is 6.09 Å². The van der Waals surface area contributed by atoms with Crippen molar-refractivity contribution in [2.75, 3.05) is 0 Å². The molecule has 3 rings (SSSR count). The van der Waals surface area contributed by atoms with E-state index in [-0.39, 0.29) is 11.6 Å². The standard InChI is InChI=1S/C14H19N3O2/c1-13(2,3)19-12(18)17-8-11-10(7-15-9-16-11)6-14(17)4-5-14/h7,9H,4-6,8H2,1-3H3. The first-order chi connectivity index (χ1) is 8.90. The Bertz CT molecular complexity index is 518. The minimum atomic E-state index is -0.459. The van der Waals surface area contributed by atoms with Crippen molar-refractivity contribution in [2.24, 2.45) is 0 Å². The molecule has 5 nitrogen and oxygen atoms in total. The summed E-state index contributed by atoms with van der Waals surface area (Å²) < 4.78 is 5.51. The minimum absolute atomic E-state index is 0.0416. The molecule has 5 heteroatoms. The van der Waals surface area contributed by atoms with Crippen LogP contribution in [0.5, 0.6) is 0 Å². The molecule has 0 bridgehead atoms. The minimum Gasteiger partial charge on any atom is -0.444 e. The van der Waals surface area contributed by atoms with E-state index in [1.807, 2.05) is 31.9 Å². The van der Waals surface area contributed by atoms with Crippen LogP contribution in [0.3, 0.4) is 0 Å². The normalized spacial score (nSPS) is 20.1. The van der Waals surface area contributed by atoms with Crippen molar-refractivity contribution in [1.82, 2.24) is 14.9 Å². The molecular weight excluding hydrogens is 242 g/mol. The molecule has 1 aliphatic carbocycles. The summed E-state index contributed by atoms with van der Waals surface area (Å²) in [6, 6.07) is 0. The maximum absolute atomic E-state index is 12.3. The Morgan fingerprint density at radius 2 is 2.16 bits per heavy atom. The van der Waals surface area contributed by atoms with E-state index in [1.54, 1.807) is 0 Å².